The number of phenolic OH excluding ortho intramolecular Hbond substituents is 1. The van der Waals surface area contributed by atoms with Crippen LogP contribution in [0.1, 0.15) is 30.9 Å². The lowest BCUT2D eigenvalue weighted by molar-refractivity contribution is 0.165. The molecule has 1 aliphatic heterocycles. The maximum atomic E-state index is 9.96. The molecule has 1 fully saturated rings. The van der Waals surface area contributed by atoms with Crippen LogP contribution in [-0.2, 0) is 0 Å². The van der Waals surface area contributed by atoms with Crippen LogP contribution in [0.15, 0.2) is 22.7 Å². The first kappa shape index (κ1) is 12.9. The van der Waals surface area contributed by atoms with Crippen LogP contribution in [0.4, 0.5) is 0 Å². The molecule has 0 aromatic heterocycles. The summed E-state index contributed by atoms with van der Waals surface area (Å²) in [7, 11) is 0. The third-order valence-electron chi connectivity index (χ3n) is 3.40. The largest absolute Gasteiger partial charge is 0.508 e. The maximum absolute atomic E-state index is 9.96. The van der Waals surface area contributed by atoms with Crippen LogP contribution in [0.25, 0.3) is 0 Å². The zero-order valence-electron chi connectivity index (χ0n) is 9.90. The summed E-state index contributed by atoms with van der Waals surface area (Å²) >= 11 is 3.45. The lowest BCUT2D eigenvalue weighted by atomic mass is 10.0. The summed E-state index contributed by atoms with van der Waals surface area (Å²) in [5.74, 6) is 0.342. The maximum Gasteiger partial charge on any atom is 0.120 e. The Hall–Kier alpha value is -0.580. The molecule has 0 spiro atoms. The number of aromatic hydroxyl groups is 1. The van der Waals surface area contributed by atoms with Gasteiger partial charge in [-0.3, -0.25) is 4.90 Å². The van der Waals surface area contributed by atoms with E-state index in [1.807, 2.05) is 12.1 Å². The van der Waals surface area contributed by atoms with E-state index in [0.29, 0.717) is 12.3 Å². The van der Waals surface area contributed by atoms with E-state index in [1.54, 1.807) is 6.07 Å². The van der Waals surface area contributed by atoms with Gasteiger partial charge in [0.25, 0.3) is 0 Å². The van der Waals surface area contributed by atoms with Crippen LogP contribution in [0, 0.1) is 0 Å². The van der Waals surface area contributed by atoms with Crippen molar-refractivity contribution in [2.45, 2.75) is 25.3 Å². The molecule has 4 heteroatoms. The van der Waals surface area contributed by atoms with Gasteiger partial charge in [0.05, 0.1) is 6.04 Å². The zero-order chi connectivity index (χ0) is 12.3. The van der Waals surface area contributed by atoms with Crippen LogP contribution in [-0.4, -0.2) is 29.6 Å². The van der Waals surface area contributed by atoms with Crippen molar-refractivity contribution in [3.63, 3.8) is 0 Å². The summed E-state index contributed by atoms with van der Waals surface area (Å²) < 4.78 is 0.987. The third kappa shape index (κ3) is 3.00. The van der Waals surface area contributed by atoms with E-state index in [1.165, 1.54) is 19.3 Å². The molecule has 1 aromatic rings. The first-order chi connectivity index (χ1) is 8.22. The molecule has 1 aliphatic rings. The van der Waals surface area contributed by atoms with Crippen LogP contribution < -0.4 is 5.73 Å². The van der Waals surface area contributed by atoms with Gasteiger partial charge in [0, 0.05) is 16.6 Å². The number of halogens is 1. The monoisotopic (exact) mass is 298 g/mol. The van der Waals surface area contributed by atoms with Crippen molar-refractivity contribution in [1.82, 2.24) is 4.90 Å². The van der Waals surface area contributed by atoms with Crippen LogP contribution >= 0.6 is 15.9 Å². The Labute approximate surface area is 111 Å². The molecule has 3 nitrogen and oxygen atoms in total. The molecule has 17 heavy (non-hydrogen) atoms. The lowest BCUT2D eigenvalue weighted by Gasteiger charge is -2.34. The van der Waals surface area contributed by atoms with E-state index in [-0.39, 0.29) is 6.04 Å². The van der Waals surface area contributed by atoms with Crippen molar-refractivity contribution in [1.29, 1.82) is 0 Å². The highest BCUT2D eigenvalue weighted by atomic mass is 79.9. The van der Waals surface area contributed by atoms with Crippen molar-refractivity contribution in [2.24, 2.45) is 5.73 Å². The highest BCUT2D eigenvalue weighted by Crippen LogP contribution is 2.32. The standard InChI is InChI=1S/C13H19BrN2O/c14-10-4-5-13(17)11(8-10)12(9-15)16-6-2-1-3-7-16/h4-5,8,12,17H,1-3,6-7,9,15H2. The average molecular weight is 299 g/mol. The summed E-state index contributed by atoms with van der Waals surface area (Å²) in [6.07, 6.45) is 3.76. The molecule has 0 amide bonds. The molecule has 0 aliphatic carbocycles. The number of likely N-dealkylation sites (tertiary alicyclic amines) is 1. The van der Waals surface area contributed by atoms with Crippen LogP contribution in [0.5, 0.6) is 5.75 Å². The minimum absolute atomic E-state index is 0.132. The van der Waals surface area contributed by atoms with Crippen molar-refractivity contribution >= 4 is 15.9 Å². The Morgan fingerprint density at radius 3 is 2.65 bits per heavy atom. The minimum atomic E-state index is 0.132. The van der Waals surface area contributed by atoms with Gasteiger partial charge < -0.3 is 10.8 Å². The van der Waals surface area contributed by atoms with Gasteiger partial charge in [-0.1, -0.05) is 22.4 Å². The van der Waals surface area contributed by atoms with E-state index in [9.17, 15) is 5.11 Å². The van der Waals surface area contributed by atoms with Crippen molar-refractivity contribution in [3.8, 4) is 5.75 Å². The van der Waals surface area contributed by atoms with Gasteiger partial charge in [-0.2, -0.15) is 0 Å². The predicted octanol–water partition coefficient (Wildman–Crippen LogP) is 2.64. The molecule has 2 rings (SSSR count). The summed E-state index contributed by atoms with van der Waals surface area (Å²) in [6.45, 7) is 2.70. The SMILES string of the molecule is NCC(c1cc(Br)ccc1O)N1CCCCC1. The van der Waals surface area contributed by atoms with E-state index >= 15 is 0 Å². The van der Waals surface area contributed by atoms with Crippen LogP contribution in [0.2, 0.25) is 0 Å². The number of piperidine rings is 1. The molecule has 1 atom stereocenters. The minimum Gasteiger partial charge on any atom is -0.508 e. The second kappa shape index (κ2) is 5.85. The van der Waals surface area contributed by atoms with Gasteiger partial charge in [-0.15, -0.1) is 0 Å². The molecular formula is C13H19BrN2O. The number of nitrogens with zero attached hydrogens (tertiary/aromatic N) is 1. The van der Waals surface area contributed by atoms with Crippen molar-refractivity contribution in [3.05, 3.63) is 28.2 Å². The second-order valence-electron chi connectivity index (χ2n) is 4.55. The van der Waals surface area contributed by atoms with Gasteiger partial charge in [-0.25, -0.2) is 0 Å². The molecule has 0 saturated carbocycles. The quantitative estimate of drug-likeness (QED) is 0.902. The van der Waals surface area contributed by atoms with Gasteiger partial charge >= 0.3 is 0 Å². The van der Waals surface area contributed by atoms with Crippen molar-refractivity contribution < 1.29 is 5.11 Å². The number of benzene rings is 1. The second-order valence-corrected chi connectivity index (χ2v) is 5.47. The molecule has 1 aromatic carbocycles. The Balaban J connectivity index is 2.24. The van der Waals surface area contributed by atoms with Crippen LogP contribution in [0.3, 0.4) is 0 Å². The van der Waals surface area contributed by atoms with Gasteiger partial charge in [-0.05, 0) is 44.1 Å². The first-order valence-corrected chi connectivity index (χ1v) is 6.94. The molecule has 0 radical (unpaired) electrons. The fourth-order valence-electron chi connectivity index (χ4n) is 2.50. The normalized spacial score (nSPS) is 19.2. The number of hydrogen-bond acceptors (Lipinski definition) is 3. The molecule has 1 saturated heterocycles. The Morgan fingerprint density at radius 2 is 2.00 bits per heavy atom. The summed E-state index contributed by atoms with van der Waals surface area (Å²) in [5, 5.41) is 9.96. The summed E-state index contributed by atoms with van der Waals surface area (Å²) in [6, 6.07) is 5.68. The average Bonchev–Trinajstić information content (AvgIpc) is 2.36. The van der Waals surface area contributed by atoms with Gasteiger partial charge in [0.15, 0.2) is 0 Å². The molecule has 3 N–H and O–H groups in total. The van der Waals surface area contributed by atoms with Gasteiger partial charge in [0.1, 0.15) is 5.75 Å². The predicted molar refractivity (Wildman–Crippen MR) is 73.0 cm³/mol. The topological polar surface area (TPSA) is 49.5 Å². The highest BCUT2D eigenvalue weighted by Gasteiger charge is 2.23. The van der Waals surface area contributed by atoms with Crippen molar-refractivity contribution in [2.75, 3.05) is 19.6 Å². The fourth-order valence-corrected chi connectivity index (χ4v) is 2.87. The molecule has 1 heterocycles. The first-order valence-electron chi connectivity index (χ1n) is 6.15. The van der Waals surface area contributed by atoms with E-state index in [0.717, 1.165) is 23.1 Å². The Morgan fingerprint density at radius 1 is 1.29 bits per heavy atom. The number of hydrogen-bond donors (Lipinski definition) is 2. The summed E-state index contributed by atoms with van der Waals surface area (Å²) in [5.41, 5.74) is 6.82. The Bertz CT molecular complexity index is 378. The number of phenols is 1. The molecular weight excluding hydrogens is 280 g/mol. The number of nitrogens with two attached hydrogens (primary N) is 1. The smallest absolute Gasteiger partial charge is 0.120 e. The molecule has 1 unspecified atom stereocenters. The highest BCUT2D eigenvalue weighted by molar-refractivity contribution is 9.10. The summed E-state index contributed by atoms with van der Waals surface area (Å²) in [4.78, 5) is 2.38. The molecule has 94 valence electrons. The van der Waals surface area contributed by atoms with E-state index in [2.05, 4.69) is 20.8 Å². The van der Waals surface area contributed by atoms with E-state index in [4.69, 9.17) is 5.73 Å². The Kier molecular flexibility index (Phi) is 4.42. The zero-order valence-corrected chi connectivity index (χ0v) is 11.5. The lowest BCUT2D eigenvalue weighted by Crippen LogP contribution is -2.37. The molecule has 0 bridgehead atoms. The van der Waals surface area contributed by atoms with E-state index < -0.39 is 0 Å². The third-order valence-corrected chi connectivity index (χ3v) is 3.90. The number of rotatable bonds is 3. The van der Waals surface area contributed by atoms with Gasteiger partial charge in [0.2, 0.25) is 0 Å². The fraction of sp³-hybridized carbons (Fsp3) is 0.538.